The summed E-state index contributed by atoms with van der Waals surface area (Å²) in [6, 6.07) is 14.8. The third-order valence-corrected chi connectivity index (χ3v) is 7.95. The predicted octanol–water partition coefficient (Wildman–Crippen LogP) is 4.72. The van der Waals surface area contributed by atoms with Gasteiger partial charge in [0.15, 0.2) is 0 Å². The van der Waals surface area contributed by atoms with Crippen LogP contribution in [0.4, 0.5) is 5.69 Å². The van der Waals surface area contributed by atoms with E-state index in [1.807, 2.05) is 50.2 Å². The van der Waals surface area contributed by atoms with Crippen LogP contribution in [-0.4, -0.2) is 56.2 Å². The molecule has 0 aliphatic carbocycles. The van der Waals surface area contributed by atoms with Crippen LogP contribution in [0.15, 0.2) is 64.3 Å². The Morgan fingerprint density at radius 3 is 2.40 bits per heavy atom. The van der Waals surface area contributed by atoms with E-state index in [9.17, 15) is 19.2 Å². The number of nitrogens with zero attached hydrogens (tertiary/aromatic N) is 4. The van der Waals surface area contributed by atoms with Crippen molar-refractivity contribution >= 4 is 29.2 Å². The molecule has 0 radical (unpaired) electrons. The zero-order valence-electron chi connectivity index (χ0n) is 25.9. The van der Waals surface area contributed by atoms with E-state index in [0.717, 1.165) is 34.2 Å². The van der Waals surface area contributed by atoms with Crippen LogP contribution in [0.1, 0.15) is 41.3 Å². The number of carbonyl (C=O) groups is 2. The smallest absolute Gasteiger partial charge is 0.330 e. The van der Waals surface area contributed by atoms with Crippen molar-refractivity contribution in [2.24, 2.45) is 14.1 Å². The van der Waals surface area contributed by atoms with E-state index in [4.69, 9.17) is 26.4 Å². The zero-order chi connectivity index (χ0) is 32.8. The average Bonchev–Trinajstić information content (AvgIpc) is 3.02. The van der Waals surface area contributed by atoms with E-state index in [-0.39, 0.29) is 12.0 Å². The highest BCUT2D eigenvalue weighted by atomic mass is 35.5. The van der Waals surface area contributed by atoms with E-state index in [0.29, 0.717) is 46.5 Å². The number of amides is 1. The number of carboxylic acid groups (broad SMARTS) is 1. The first kappa shape index (κ1) is 33.2. The summed E-state index contributed by atoms with van der Waals surface area (Å²) in [6.07, 6.45) is 2.15. The van der Waals surface area contributed by atoms with Crippen molar-refractivity contribution in [2.75, 3.05) is 25.5 Å². The molecule has 0 bridgehead atoms. The van der Waals surface area contributed by atoms with Crippen LogP contribution in [0.3, 0.4) is 0 Å². The number of ether oxygens (including phenoxy) is 1. The lowest BCUT2D eigenvalue weighted by Gasteiger charge is -2.22. The lowest BCUT2D eigenvalue weighted by atomic mass is 9.96. The van der Waals surface area contributed by atoms with E-state index >= 15 is 0 Å². The maximum atomic E-state index is 13.1. The Bertz CT molecular complexity index is 1870. The molecule has 0 spiro atoms. The summed E-state index contributed by atoms with van der Waals surface area (Å²) in [5.41, 5.74) is 3.43. The second-order valence-corrected chi connectivity index (χ2v) is 11.1. The molecule has 0 saturated heterocycles. The number of pyridine rings is 1. The second-order valence-electron chi connectivity index (χ2n) is 10.7. The monoisotopic (exact) mass is 633 g/mol. The fourth-order valence-corrected chi connectivity index (χ4v) is 5.48. The normalized spacial score (nSPS) is 11.1. The molecule has 2 heterocycles. The fraction of sp³-hybridized carbons (Fsp3) is 0.303. The van der Waals surface area contributed by atoms with Gasteiger partial charge in [-0.05, 0) is 43.1 Å². The van der Waals surface area contributed by atoms with Gasteiger partial charge in [0, 0.05) is 55.8 Å². The third kappa shape index (κ3) is 7.33. The summed E-state index contributed by atoms with van der Waals surface area (Å²) < 4.78 is 7.70. The molecule has 45 heavy (non-hydrogen) atoms. The Kier molecular flexibility index (Phi) is 10.6. The van der Waals surface area contributed by atoms with Crippen molar-refractivity contribution in [3.05, 3.63) is 97.3 Å². The van der Waals surface area contributed by atoms with Gasteiger partial charge in [-0.25, -0.2) is 9.78 Å². The summed E-state index contributed by atoms with van der Waals surface area (Å²) in [5.74, 6) is -1.05. The maximum absolute atomic E-state index is 13.1. The molecule has 0 aliphatic rings. The minimum atomic E-state index is -0.843. The number of carbonyl (C=O) groups excluding carboxylic acids is 1. The third-order valence-electron chi connectivity index (χ3n) is 7.55. The number of aliphatic carboxylic acids is 1. The first-order chi connectivity index (χ1) is 21.5. The molecule has 0 aliphatic heterocycles. The number of anilines is 1. The van der Waals surface area contributed by atoms with Crippen molar-refractivity contribution in [1.82, 2.24) is 19.0 Å². The number of rotatable bonds is 12. The van der Waals surface area contributed by atoms with Gasteiger partial charge >= 0.3 is 11.7 Å². The van der Waals surface area contributed by atoms with Gasteiger partial charge in [-0.15, -0.1) is 0 Å². The number of halogens is 1. The number of benzene rings is 2. The van der Waals surface area contributed by atoms with Gasteiger partial charge in [-0.2, -0.15) is 0 Å². The van der Waals surface area contributed by atoms with Crippen LogP contribution in [0.5, 0.6) is 5.88 Å². The Labute approximate surface area is 265 Å². The summed E-state index contributed by atoms with van der Waals surface area (Å²) in [7, 11) is 4.34. The molecule has 1 amide bonds. The van der Waals surface area contributed by atoms with Gasteiger partial charge in [-0.3, -0.25) is 23.9 Å². The molecule has 236 valence electrons. The second kappa shape index (κ2) is 14.4. The SMILES string of the molecule is CCCN(CCC(=O)O)Cc1ccc(-c2cccc(-c3cccc(NC(=O)c4cn(C)c(=O)n(C)c4=O)c3C)c2Cl)nc1OC. The molecule has 0 unspecified atom stereocenters. The van der Waals surface area contributed by atoms with Crippen molar-refractivity contribution in [2.45, 2.75) is 33.2 Å². The van der Waals surface area contributed by atoms with Crippen LogP contribution >= 0.6 is 11.6 Å². The molecular weight excluding hydrogens is 598 g/mol. The molecule has 11 nitrogen and oxygen atoms in total. The molecular formula is C33H36ClN5O6. The molecule has 0 fully saturated rings. The highest BCUT2D eigenvalue weighted by molar-refractivity contribution is 6.36. The summed E-state index contributed by atoms with van der Waals surface area (Å²) in [5, 5.41) is 12.4. The highest BCUT2D eigenvalue weighted by Crippen LogP contribution is 2.39. The predicted molar refractivity (Wildman–Crippen MR) is 174 cm³/mol. The van der Waals surface area contributed by atoms with Crippen LogP contribution in [0.2, 0.25) is 5.02 Å². The van der Waals surface area contributed by atoms with E-state index in [1.165, 1.54) is 24.9 Å². The first-order valence-electron chi connectivity index (χ1n) is 14.4. The maximum Gasteiger partial charge on any atom is 0.330 e. The van der Waals surface area contributed by atoms with Gasteiger partial charge in [0.1, 0.15) is 5.56 Å². The van der Waals surface area contributed by atoms with Gasteiger partial charge < -0.3 is 19.7 Å². The number of methoxy groups -OCH3 is 1. The van der Waals surface area contributed by atoms with Crippen LogP contribution in [0.25, 0.3) is 22.4 Å². The van der Waals surface area contributed by atoms with E-state index in [2.05, 4.69) is 10.2 Å². The average molecular weight is 634 g/mol. The Hall–Kier alpha value is -4.74. The van der Waals surface area contributed by atoms with Crippen molar-refractivity contribution in [1.29, 1.82) is 0 Å². The van der Waals surface area contributed by atoms with Gasteiger partial charge in [0.05, 0.1) is 24.2 Å². The lowest BCUT2D eigenvalue weighted by molar-refractivity contribution is -0.137. The fourth-order valence-electron chi connectivity index (χ4n) is 5.15. The number of hydrogen-bond donors (Lipinski definition) is 2. The lowest BCUT2D eigenvalue weighted by Crippen LogP contribution is -2.40. The van der Waals surface area contributed by atoms with Gasteiger partial charge in [-0.1, -0.05) is 54.9 Å². The molecule has 2 aromatic carbocycles. The number of carboxylic acids is 1. The largest absolute Gasteiger partial charge is 0.481 e. The molecule has 4 rings (SSSR count). The topological polar surface area (TPSA) is 136 Å². The van der Waals surface area contributed by atoms with Crippen molar-refractivity contribution < 1.29 is 19.4 Å². The molecule has 0 saturated carbocycles. The Morgan fingerprint density at radius 1 is 1.02 bits per heavy atom. The minimum absolute atomic E-state index is 0.0478. The molecule has 2 aromatic heterocycles. The number of aryl methyl sites for hydroxylation is 1. The molecule has 2 N–H and O–H groups in total. The molecule has 12 heteroatoms. The van der Waals surface area contributed by atoms with Gasteiger partial charge in [0.2, 0.25) is 5.88 Å². The van der Waals surface area contributed by atoms with E-state index < -0.39 is 23.1 Å². The van der Waals surface area contributed by atoms with Crippen LogP contribution in [-0.2, 0) is 25.4 Å². The minimum Gasteiger partial charge on any atom is -0.481 e. The molecule has 4 aromatic rings. The number of hydrogen-bond acceptors (Lipinski definition) is 7. The first-order valence-corrected chi connectivity index (χ1v) is 14.8. The number of aromatic nitrogens is 3. The van der Waals surface area contributed by atoms with Crippen molar-refractivity contribution in [3.8, 4) is 28.3 Å². The van der Waals surface area contributed by atoms with Crippen LogP contribution in [0, 0.1) is 6.92 Å². The Balaban J connectivity index is 1.66. The summed E-state index contributed by atoms with van der Waals surface area (Å²) in [6.45, 7) is 5.54. The van der Waals surface area contributed by atoms with E-state index in [1.54, 1.807) is 19.2 Å². The highest BCUT2D eigenvalue weighted by Gasteiger charge is 2.19. The quantitative estimate of drug-likeness (QED) is 0.229. The molecule has 0 atom stereocenters. The van der Waals surface area contributed by atoms with Crippen LogP contribution < -0.4 is 21.3 Å². The number of nitrogens with one attached hydrogen (secondary N) is 1. The zero-order valence-corrected chi connectivity index (χ0v) is 26.6. The van der Waals surface area contributed by atoms with Crippen molar-refractivity contribution in [3.63, 3.8) is 0 Å². The standard InChI is InChI=1S/C33H36ClN5O6/c1-6-16-39(17-15-28(40)41)18-21-13-14-27(36-31(21)45-5)24-11-7-10-23(29(24)34)22-9-8-12-26(20(22)2)35-30(42)25-19-37(3)33(44)38(4)32(25)43/h7-14,19H,6,15-18H2,1-5H3,(H,35,42)(H,40,41). The Morgan fingerprint density at radius 2 is 1.71 bits per heavy atom. The summed E-state index contributed by atoms with van der Waals surface area (Å²) in [4.78, 5) is 55.7. The van der Waals surface area contributed by atoms with Gasteiger partial charge in [0.25, 0.3) is 11.5 Å². The summed E-state index contributed by atoms with van der Waals surface area (Å²) >= 11 is 7.00.